The van der Waals surface area contributed by atoms with E-state index in [1.165, 1.54) is 51.7 Å². The molecule has 2 heteroatoms. The van der Waals surface area contributed by atoms with Gasteiger partial charge in [-0.3, -0.25) is 0 Å². The minimum absolute atomic E-state index is 0.912. The highest BCUT2D eigenvalue weighted by atomic mass is 15.2. The molecule has 0 aromatic heterocycles. The van der Waals surface area contributed by atoms with Crippen molar-refractivity contribution in [3.05, 3.63) is 0 Å². The first kappa shape index (κ1) is 9.47. The first-order valence-electron chi connectivity index (χ1n) is 5.80. The van der Waals surface area contributed by atoms with Crippen molar-refractivity contribution >= 4 is 0 Å². The molecule has 1 N–H and O–H groups in total. The third-order valence-corrected chi connectivity index (χ3v) is 3.69. The van der Waals surface area contributed by atoms with Crippen molar-refractivity contribution in [1.82, 2.24) is 10.2 Å². The van der Waals surface area contributed by atoms with Crippen LogP contribution in [0.4, 0.5) is 0 Å². The Morgan fingerprint density at radius 2 is 2.00 bits per heavy atom. The molecule has 2 heterocycles. The molecule has 0 unspecified atom stereocenters. The van der Waals surface area contributed by atoms with Crippen molar-refractivity contribution in [2.45, 2.75) is 38.1 Å². The summed E-state index contributed by atoms with van der Waals surface area (Å²) in [6.45, 7) is 3.96. The second-order valence-electron chi connectivity index (χ2n) is 4.56. The molecule has 2 nitrogen and oxygen atoms in total. The Labute approximate surface area is 81.7 Å². The number of fused-ring (bicyclic) bond motifs is 1. The molecule has 0 radical (unpaired) electrons. The number of rotatable bonds is 2. The minimum Gasteiger partial charge on any atom is -0.319 e. The molecule has 2 atom stereocenters. The summed E-state index contributed by atoms with van der Waals surface area (Å²) in [5.41, 5.74) is 0. The van der Waals surface area contributed by atoms with Crippen LogP contribution >= 0.6 is 0 Å². The minimum atomic E-state index is 0.912. The SMILES string of the molecule is CNC[C@@H]1CCCN2CCCC[C@@H]12. The van der Waals surface area contributed by atoms with E-state index in [2.05, 4.69) is 17.3 Å². The molecule has 2 saturated heterocycles. The van der Waals surface area contributed by atoms with Crippen molar-refractivity contribution in [1.29, 1.82) is 0 Å². The Morgan fingerprint density at radius 1 is 1.15 bits per heavy atom. The maximum absolute atomic E-state index is 3.34. The lowest BCUT2D eigenvalue weighted by atomic mass is 9.83. The quantitative estimate of drug-likeness (QED) is 0.695. The van der Waals surface area contributed by atoms with Crippen molar-refractivity contribution in [2.24, 2.45) is 5.92 Å². The summed E-state index contributed by atoms with van der Waals surface area (Å²) < 4.78 is 0. The highest BCUT2D eigenvalue weighted by Crippen LogP contribution is 2.30. The summed E-state index contributed by atoms with van der Waals surface area (Å²) in [5.74, 6) is 0.930. The zero-order valence-electron chi connectivity index (χ0n) is 8.76. The second-order valence-corrected chi connectivity index (χ2v) is 4.56. The molecule has 0 saturated carbocycles. The van der Waals surface area contributed by atoms with Crippen molar-refractivity contribution in [3.8, 4) is 0 Å². The van der Waals surface area contributed by atoms with Crippen LogP contribution in [0.3, 0.4) is 0 Å². The van der Waals surface area contributed by atoms with Gasteiger partial charge in [-0.1, -0.05) is 6.42 Å². The van der Waals surface area contributed by atoms with E-state index in [9.17, 15) is 0 Å². The average molecular weight is 182 g/mol. The molecule has 0 bridgehead atoms. The van der Waals surface area contributed by atoms with Crippen LogP contribution in [-0.2, 0) is 0 Å². The monoisotopic (exact) mass is 182 g/mol. The van der Waals surface area contributed by atoms with Crippen molar-refractivity contribution < 1.29 is 0 Å². The van der Waals surface area contributed by atoms with Crippen LogP contribution in [0.2, 0.25) is 0 Å². The van der Waals surface area contributed by atoms with E-state index in [-0.39, 0.29) is 0 Å². The van der Waals surface area contributed by atoms with Crippen LogP contribution in [0.15, 0.2) is 0 Å². The van der Waals surface area contributed by atoms with Gasteiger partial charge in [0.05, 0.1) is 0 Å². The second kappa shape index (κ2) is 4.43. The molecule has 76 valence electrons. The lowest BCUT2D eigenvalue weighted by Crippen LogP contribution is -2.50. The number of nitrogens with one attached hydrogen (secondary N) is 1. The Bertz CT molecular complexity index is 154. The Kier molecular flexibility index (Phi) is 3.23. The third kappa shape index (κ3) is 2.05. The van der Waals surface area contributed by atoms with E-state index in [4.69, 9.17) is 0 Å². The molecule has 0 aromatic carbocycles. The van der Waals surface area contributed by atoms with Gasteiger partial charge >= 0.3 is 0 Å². The summed E-state index contributed by atoms with van der Waals surface area (Å²) in [4.78, 5) is 2.73. The predicted molar refractivity (Wildman–Crippen MR) is 55.9 cm³/mol. The van der Waals surface area contributed by atoms with Gasteiger partial charge in [0.2, 0.25) is 0 Å². The molecule has 0 aliphatic carbocycles. The fraction of sp³-hybridized carbons (Fsp3) is 1.00. The smallest absolute Gasteiger partial charge is 0.0136 e. The Hall–Kier alpha value is -0.0800. The summed E-state index contributed by atoms with van der Waals surface area (Å²) in [6.07, 6.45) is 7.21. The molecule has 0 aromatic rings. The van der Waals surface area contributed by atoms with Crippen molar-refractivity contribution in [3.63, 3.8) is 0 Å². The highest BCUT2D eigenvalue weighted by Gasteiger charge is 2.32. The van der Waals surface area contributed by atoms with Crippen LogP contribution < -0.4 is 5.32 Å². The zero-order valence-corrected chi connectivity index (χ0v) is 8.76. The largest absolute Gasteiger partial charge is 0.319 e. The van der Waals surface area contributed by atoms with E-state index in [0.29, 0.717) is 0 Å². The Balaban J connectivity index is 1.94. The molecule has 2 aliphatic rings. The van der Waals surface area contributed by atoms with Gasteiger partial charge in [-0.15, -0.1) is 0 Å². The van der Waals surface area contributed by atoms with Crippen molar-refractivity contribution in [2.75, 3.05) is 26.7 Å². The normalized spacial score (nSPS) is 35.8. The average Bonchev–Trinajstić information content (AvgIpc) is 2.19. The van der Waals surface area contributed by atoms with E-state index in [0.717, 1.165) is 12.0 Å². The number of nitrogens with zero attached hydrogens (tertiary/aromatic N) is 1. The first-order valence-corrected chi connectivity index (χ1v) is 5.80. The maximum Gasteiger partial charge on any atom is 0.0136 e. The number of hydrogen-bond acceptors (Lipinski definition) is 2. The molecule has 2 aliphatic heterocycles. The van der Waals surface area contributed by atoms with Crippen LogP contribution in [-0.4, -0.2) is 37.6 Å². The molecule has 0 spiro atoms. The van der Waals surface area contributed by atoms with Gasteiger partial charge in [0.1, 0.15) is 0 Å². The van der Waals surface area contributed by atoms with E-state index in [1.54, 1.807) is 0 Å². The standard InChI is InChI=1S/C11H22N2/c1-12-9-10-5-4-8-13-7-3-2-6-11(10)13/h10-12H,2-9H2,1H3/t10-,11-/m0/s1. The molecule has 2 fully saturated rings. The molecule has 13 heavy (non-hydrogen) atoms. The van der Waals surface area contributed by atoms with Crippen LogP contribution in [0.5, 0.6) is 0 Å². The van der Waals surface area contributed by atoms with E-state index in [1.807, 2.05) is 0 Å². The van der Waals surface area contributed by atoms with Gasteiger partial charge in [-0.2, -0.15) is 0 Å². The number of piperidine rings is 2. The number of hydrogen-bond donors (Lipinski definition) is 1. The van der Waals surface area contributed by atoms with Gasteiger partial charge in [0.25, 0.3) is 0 Å². The Morgan fingerprint density at radius 3 is 2.85 bits per heavy atom. The summed E-state index contributed by atoms with van der Waals surface area (Å²) >= 11 is 0. The van der Waals surface area contributed by atoms with Crippen LogP contribution in [0, 0.1) is 5.92 Å². The fourth-order valence-corrected chi connectivity index (χ4v) is 3.08. The van der Waals surface area contributed by atoms with Gasteiger partial charge in [0, 0.05) is 6.04 Å². The lowest BCUT2D eigenvalue weighted by Gasteiger charge is -2.44. The summed E-state index contributed by atoms with van der Waals surface area (Å²) in [7, 11) is 2.09. The fourth-order valence-electron chi connectivity index (χ4n) is 3.08. The van der Waals surface area contributed by atoms with Crippen LogP contribution in [0.25, 0.3) is 0 Å². The topological polar surface area (TPSA) is 15.3 Å². The zero-order chi connectivity index (χ0) is 9.10. The lowest BCUT2D eigenvalue weighted by molar-refractivity contribution is 0.0603. The molecule has 2 rings (SSSR count). The summed E-state index contributed by atoms with van der Waals surface area (Å²) in [6, 6.07) is 0.912. The van der Waals surface area contributed by atoms with Gasteiger partial charge < -0.3 is 10.2 Å². The van der Waals surface area contributed by atoms with Gasteiger partial charge in [-0.05, 0) is 58.3 Å². The molecular weight excluding hydrogens is 160 g/mol. The summed E-state index contributed by atoms with van der Waals surface area (Å²) in [5, 5.41) is 3.34. The predicted octanol–water partition coefficient (Wildman–Crippen LogP) is 1.47. The highest BCUT2D eigenvalue weighted by molar-refractivity contribution is 4.87. The van der Waals surface area contributed by atoms with Gasteiger partial charge in [-0.25, -0.2) is 0 Å². The first-order chi connectivity index (χ1) is 6.42. The van der Waals surface area contributed by atoms with Gasteiger partial charge in [0.15, 0.2) is 0 Å². The van der Waals surface area contributed by atoms with E-state index < -0.39 is 0 Å². The third-order valence-electron chi connectivity index (χ3n) is 3.69. The van der Waals surface area contributed by atoms with E-state index >= 15 is 0 Å². The maximum atomic E-state index is 3.34. The van der Waals surface area contributed by atoms with Crippen LogP contribution in [0.1, 0.15) is 32.1 Å². The molecule has 0 amide bonds. The molecular formula is C11H22N2.